The standard InChI is InChI=1S/C17H28N2O2/c1-5-18-16(12-19-10-6-7-13(19)2)15-9-8-14(20-3)11-17(15)21-4/h8-9,11,13,16,18H,5-7,10,12H2,1-4H3. The first-order valence-electron chi connectivity index (χ1n) is 7.89. The zero-order valence-electron chi connectivity index (χ0n) is 13.7. The Hall–Kier alpha value is -1.26. The summed E-state index contributed by atoms with van der Waals surface area (Å²) in [7, 11) is 3.40. The van der Waals surface area contributed by atoms with Gasteiger partial charge in [-0.15, -0.1) is 0 Å². The lowest BCUT2D eigenvalue weighted by molar-refractivity contribution is 0.236. The van der Waals surface area contributed by atoms with Crippen LogP contribution < -0.4 is 14.8 Å². The molecule has 0 saturated carbocycles. The van der Waals surface area contributed by atoms with Crippen molar-refractivity contribution in [3.8, 4) is 11.5 Å². The molecular formula is C17H28N2O2. The van der Waals surface area contributed by atoms with Crippen molar-refractivity contribution in [3.05, 3.63) is 23.8 Å². The van der Waals surface area contributed by atoms with E-state index in [2.05, 4.69) is 30.1 Å². The average molecular weight is 292 g/mol. The summed E-state index contributed by atoms with van der Waals surface area (Å²) in [4.78, 5) is 2.57. The summed E-state index contributed by atoms with van der Waals surface area (Å²) in [5, 5.41) is 3.60. The van der Waals surface area contributed by atoms with Gasteiger partial charge in [-0.1, -0.05) is 13.0 Å². The highest BCUT2D eigenvalue weighted by Gasteiger charge is 2.25. The van der Waals surface area contributed by atoms with Crippen molar-refractivity contribution in [2.24, 2.45) is 0 Å². The van der Waals surface area contributed by atoms with Crippen LogP contribution in [-0.4, -0.2) is 44.8 Å². The van der Waals surface area contributed by atoms with E-state index in [1.54, 1.807) is 14.2 Å². The van der Waals surface area contributed by atoms with E-state index >= 15 is 0 Å². The number of nitrogens with zero attached hydrogens (tertiary/aromatic N) is 1. The first kappa shape index (κ1) is 16.1. The van der Waals surface area contributed by atoms with Crippen LogP contribution in [0.4, 0.5) is 0 Å². The molecule has 4 nitrogen and oxygen atoms in total. The Labute approximate surface area is 128 Å². The number of likely N-dealkylation sites (N-methyl/N-ethyl adjacent to an activating group) is 1. The van der Waals surface area contributed by atoms with Gasteiger partial charge in [0.1, 0.15) is 11.5 Å². The summed E-state index contributed by atoms with van der Waals surface area (Å²) in [6.07, 6.45) is 2.61. The van der Waals surface area contributed by atoms with Gasteiger partial charge in [0, 0.05) is 30.3 Å². The molecule has 0 aromatic heterocycles. The molecule has 1 aromatic carbocycles. The van der Waals surface area contributed by atoms with Crippen LogP contribution in [0, 0.1) is 0 Å². The summed E-state index contributed by atoms with van der Waals surface area (Å²) < 4.78 is 10.9. The van der Waals surface area contributed by atoms with E-state index in [-0.39, 0.29) is 6.04 Å². The minimum Gasteiger partial charge on any atom is -0.497 e. The second-order valence-corrected chi connectivity index (χ2v) is 5.70. The molecule has 2 atom stereocenters. The Morgan fingerprint density at radius 2 is 2.14 bits per heavy atom. The smallest absolute Gasteiger partial charge is 0.127 e. The molecule has 2 unspecified atom stereocenters. The molecular weight excluding hydrogens is 264 g/mol. The van der Waals surface area contributed by atoms with Crippen molar-refractivity contribution < 1.29 is 9.47 Å². The van der Waals surface area contributed by atoms with Gasteiger partial charge in [-0.25, -0.2) is 0 Å². The highest BCUT2D eigenvalue weighted by atomic mass is 16.5. The fraction of sp³-hybridized carbons (Fsp3) is 0.647. The molecule has 2 rings (SSSR count). The molecule has 118 valence electrons. The van der Waals surface area contributed by atoms with Gasteiger partial charge in [0.25, 0.3) is 0 Å². The molecule has 4 heteroatoms. The van der Waals surface area contributed by atoms with Crippen molar-refractivity contribution in [2.75, 3.05) is 33.9 Å². The van der Waals surface area contributed by atoms with E-state index in [0.717, 1.165) is 24.6 Å². The number of hydrogen-bond acceptors (Lipinski definition) is 4. The summed E-state index contributed by atoms with van der Waals surface area (Å²) in [5.41, 5.74) is 1.21. The molecule has 1 N–H and O–H groups in total. The third-order valence-corrected chi connectivity index (χ3v) is 4.37. The second kappa shape index (κ2) is 7.66. The fourth-order valence-corrected chi connectivity index (χ4v) is 3.12. The Balaban J connectivity index is 2.20. The molecule has 1 aliphatic heterocycles. The van der Waals surface area contributed by atoms with Crippen LogP contribution in [0.1, 0.15) is 38.3 Å². The number of methoxy groups -OCH3 is 2. The molecule has 1 aromatic rings. The Bertz CT molecular complexity index is 450. The Morgan fingerprint density at radius 3 is 2.71 bits per heavy atom. The monoisotopic (exact) mass is 292 g/mol. The maximum atomic E-state index is 5.57. The van der Waals surface area contributed by atoms with E-state index in [4.69, 9.17) is 9.47 Å². The molecule has 0 aliphatic carbocycles. The molecule has 0 amide bonds. The lowest BCUT2D eigenvalue weighted by Gasteiger charge is -2.28. The third kappa shape index (κ3) is 3.89. The van der Waals surface area contributed by atoms with Gasteiger partial charge >= 0.3 is 0 Å². The van der Waals surface area contributed by atoms with Gasteiger partial charge in [0.15, 0.2) is 0 Å². The lowest BCUT2D eigenvalue weighted by atomic mass is 10.0. The normalized spacial score (nSPS) is 20.5. The number of benzene rings is 1. The molecule has 1 fully saturated rings. The second-order valence-electron chi connectivity index (χ2n) is 5.70. The first-order valence-corrected chi connectivity index (χ1v) is 7.89. The van der Waals surface area contributed by atoms with Crippen LogP contribution in [0.5, 0.6) is 11.5 Å². The zero-order chi connectivity index (χ0) is 15.2. The van der Waals surface area contributed by atoms with Crippen LogP contribution in [0.25, 0.3) is 0 Å². The fourth-order valence-electron chi connectivity index (χ4n) is 3.12. The molecule has 21 heavy (non-hydrogen) atoms. The van der Waals surface area contributed by atoms with E-state index in [0.29, 0.717) is 6.04 Å². The predicted molar refractivity (Wildman–Crippen MR) is 86.2 cm³/mol. The van der Waals surface area contributed by atoms with Crippen LogP contribution in [0.3, 0.4) is 0 Å². The predicted octanol–water partition coefficient (Wildman–Crippen LogP) is 2.84. The van der Waals surface area contributed by atoms with E-state index in [1.165, 1.54) is 24.9 Å². The van der Waals surface area contributed by atoms with Gasteiger partial charge in [0.2, 0.25) is 0 Å². The van der Waals surface area contributed by atoms with E-state index < -0.39 is 0 Å². The van der Waals surface area contributed by atoms with Crippen LogP contribution >= 0.6 is 0 Å². The quantitative estimate of drug-likeness (QED) is 0.838. The maximum Gasteiger partial charge on any atom is 0.127 e. The van der Waals surface area contributed by atoms with E-state index in [9.17, 15) is 0 Å². The van der Waals surface area contributed by atoms with Crippen molar-refractivity contribution >= 4 is 0 Å². The average Bonchev–Trinajstić information content (AvgIpc) is 2.91. The number of likely N-dealkylation sites (tertiary alicyclic amines) is 1. The van der Waals surface area contributed by atoms with Gasteiger partial charge in [-0.2, -0.15) is 0 Å². The number of ether oxygens (including phenoxy) is 2. The summed E-state index contributed by atoms with van der Waals surface area (Å²) in [6, 6.07) is 7.06. The maximum absolute atomic E-state index is 5.57. The van der Waals surface area contributed by atoms with Crippen molar-refractivity contribution in [2.45, 2.75) is 38.8 Å². The molecule has 1 saturated heterocycles. The summed E-state index contributed by atoms with van der Waals surface area (Å²) >= 11 is 0. The Kier molecular flexibility index (Phi) is 5.88. The van der Waals surface area contributed by atoms with Gasteiger partial charge in [-0.3, -0.25) is 4.90 Å². The number of rotatable bonds is 7. The molecule has 0 radical (unpaired) electrons. The van der Waals surface area contributed by atoms with Crippen molar-refractivity contribution in [1.82, 2.24) is 10.2 Å². The van der Waals surface area contributed by atoms with Crippen molar-refractivity contribution in [1.29, 1.82) is 0 Å². The van der Waals surface area contributed by atoms with Gasteiger partial charge < -0.3 is 14.8 Å². The lowest BCUT2D eigenvalue weighted by Crippen LogP contribution is -2.37. The first-order chi connectivity index (χ1) is 10.2. The third-order valence-electron chi connectivity index (χ3n) is 4.37. The van der Waals surface area contributed by atoms with Crippen LogP contribution in [-0.2, 0) is 0 Å². The SMILES string of the molecule is CCNC(CN1CCCC1C)c1ccc(OC)cc1OC. The number of hydrogen-bond donors (Lipinski definition) is 1. The molecule has 1 aliphatic rings. The Morgan fingerprint density at radius 1 is 1.33 bits per heavy atom. The minimum absolute atomic E-state index is 0.288. The minimum atomic E-state index is 0.288. The van der Waals surface area contributed by atoms with Gasteiger partial charge in [0.05, 0.1) is 14.2 Å². The summed E-state index contributed by atoms with van der Waals surface area (Å²) in [5.74, 6) is 1.73. The van der Waals surface area contributed by atoms with Crippen molar-refractivity contribution in [3.63, 3.8) is 0 Å². The molecule has 0 spiro atoms. The molecule has 0 bridgehead atoms. The molecule has 1 heterocycles. The van der Waals surface area contributed by atoms with Crippen LogP contribution in [0.2, 0.25) is 0 Å². The van der Waals surface area contributed by atoms with Gasteiger partial charge in [-0.05, 0) is 38.9 Å². The zero-order valence-corrected chi connectivity index (χ0v) is 13.7. The number of nitrogens with one attached hydrogen (secondary N) is 1. The highest BCUT2D eigenvalue weighted by molar-refractivity contribution is 5.42. The summed E-state index contributed by atoms with van der Waals surface area (Å²) in [6.45, 7) is 7.64. The topological polar surface area (TPSA) is 33.7 Å². The largest absolute Gasteiger partial charge is 0.497 e. The van der Waals surface area contributed by atoms with E-state index in [1.807, 2.05) is 12.1 Å². The highest BCUT2D eigenvalue weighted by Crippen LogP contribution is 2.31. The van der Waals surface area contributed by atoms with Crippen LogP contribution in [0.15, 0.2) is 18.2 Å².